The van der Waals surface area contributed by atoms with E-state index in [-0.39, 0.29) is 5.91 Å². The fraction of sp³-hybridized carbons (Fsp3) is 0.600. The first-order valence-corrected chi connectivity index (χ1v) is 7.17. The molecular formula is C15H23N3O. The van der Waals surface area contributed by atoms with Crippen LogP contribution in [0.1, 0.15) is 48.3 Å². The van der Waals surface area contributed by atoms with E-state index in [4.69, 9.17) is 5.73 Å². The molecule has 0 spiro atoms. The van der Waals surface area contributed by atoms with Crippen molar-refractivity contribution in [2.24, 2.45) is 5.73 Å². The number of pyridine rings is 1. The summed E-state index contributed by atoms with van der Waals surface area (Å²) in [7, 11) is 0. The molecule has 1 aliphatic rings. The van der Waals surface area contributed by atoms with Crippen LogP contribution in [0.3, 0.4) is 0 Å². The Hall–Kier alpha value is -1.42. The van der Waals surface area contributed by atoms with E-state index in [9.17, 15) is 4.79 Å². The van der Waals surface area contributed by atoms with E-state index in [1.165, 1.54) is 12.8 Å². The zero-order valence-electron chi connectivity index (χ0n) is 11.6. The average Bonchev–Trinajstić information content (AvgIpc) is 2.93. The summed E-state index contributed by atoms with van der Waals surface area (Å²) in [6, 6.07) is 5.99. The highest BCUT2D eigenvalue weighted by molar-refractivity contribution is 5.92. The minimum atomic E-state index is 0.0593. The van der Waals surface area contributed by atoms with Crippen LogP contribution in [0.15, 0.2) is 18.2 Å². The Labute approximate surface area is 115 Å². The summed E-state index contributed by atoms with van der Waals surface area (Å²) in [5.41, 5.74) is 7.03. The first-order valence-electron chi connectivity index (χ1n) is 7.17. The van der Waals surface area contributed by atoms with Gasteiger partial charge >= 0.3 is 0 Å². The molecule has 2 N–H and O–H groups in total. The molecule has 104 valence electrons. The summed E-state index contributed by atoms with van der Waals surface area (Å²) in [5, 5.41) is 0. The van der Waals surface area contributed by atoms with E-state index >= 15 is 0 Å². The van der Waals surface area contributed by atoms with Crippen molar-refractivity contribution in [2.75, 3.05) is 13.1 Å². The van der Waals surface area contributed by atoms with Gasteiger partial charge < -0.3 is 10.6 Å². The zero-order chi connectivity index (χ0) is 13.7. The maximum absolute atomic E-state index is 12.6. The van der Waals surface area contributed by atoms with Crippen LogP contribution in [-0.2, 0) is 0 Å². The van der Waals surface area contributed by atoms with Crippen molar-refractivity contribution in [1.29, 1.82) is 0 Å². The number of nitrogens with zero attached hydrogens (tertiary/aromatic N) is 2. The molecule has 0 radical (unpaired) electrons. The molecular weight excluding hydrogens is 238 g/mol. The van der Waals surface area contributed by atoms with Gasteiger partial charge in [-0.2, -0.15) is 0 Å². The van der Waals surface area contributed by atoms with E-state index in [2.05, 4.69) is 4.98 Å². The Morgan fingerprint density at radius 1 is 1.42 bits per heavy atom. The van der Waals surface area contributed by atoms with E-state index in [1.807, 2.05) is 24.0 Å². The highest BCUT2D eigenvalue weighted by Crippen LogP contribution is 2.24. The number of amides is 1. The molecule has 1 aliphatic carbocycles. The molecule has 4 heteroatoms. The van der Waals surface area contributed by atoms with Crippen molar-refractivity contribution in [2.45, 2.75) is 45.1 Å². The lowest BCUT2D eigenvalue weighted by Crippen LogP contribution is -2.40. The molecule has 1 fully saturated rings. The first kappa shape index (κ1) is 14.0. The Balaban J connectivity index is 2.14. The predicted molar refractivity (Wildman–Crippen MR) is 75.9 cm³/mol. The Bertz CT molecular complexity index is 427. The van der Waals surface area contributed by atoms with Gasteiger partial charge in [0.2, 0.25) is 0 Å². The van der Waals surface area contributed by atoms with Gasteiger partial charge in [-0.05, 0) is 44.9 Å². The molecule has 0 saturated heterocycles. The third kappa shape index (κ3) is 3.53. The van der Waals surface area contributed by atoms with Crippen LogP contribution in [0.2, 0.25) is 0 Å². The summed E-state index contributed by atoms with van der Waals surface area (Å²) < 4.78 is 0. The number of carbonyl (C=O) groups is 1. The van der Waals surface area contributed by atoms with Gasteiger partial charge in [0.15, 0.2) is 0 Å². The van der Waals surface area contributed by atoms with Crippen molar-refractivity contribution >= 4 is 5.91 Å². The maximum atomic E-state index is 12.6. The van der Waals surface area contributed by atoms with Gasteiger partial charge in [0.25, 0.3) is 5.91 Å². The lowest BCUT2D eigenvalue weighted by atomic mass is 10.1. The van der Waals surface area contributed by atoms with Crippen LogP contribution in [0.25, 0.3) is 0 Å². The van der Waals surface area contributed by atoms with Gasteiger partial charge in [0.05, 0.1) is 0 Å². The molecule has 19 heavy (non-hydrogen) atoms. The molecule has 2 rings (SSSR count). The molecule has 0 unspecified atom stereocenters. The zero-order valence-corrected chi connectivity index (χ0v) is 11.6. The van der Waals surface area contributed by atoms with Crippen LogP contribution < -0.4 is 5.73 Å². The fourth-order valence-corrected chi connectivity index (χ4v) is 2.74. The number of hydrogen-bond acceptors (Lipinski definition) is 3. The highest BCUT2D eigenvalue weighted by atomic mass is 16.2. The number of hydrogen-bond donors (Lipinski definition) is 1. The molecule has 0 atom stereocenters. The van der Waals surface area contributed by atoms with E-state index in [0.717, 1.165) is 31.5 Å². The fourth-order valence-electron chi connectivity index (χ4n) is 2.74. The first-order chi connectivity index (χ1) is 9.22. The van der Waals surface area contributed by atoms with Crippen molar-refractivity contribution in [3.8, 4) is 0 Å². The smallest absolute Gasteiger partial charge is 0.272 e. The summed E-state index contributed by atoms with van der Waals surface area (Å²) in [6.45, 7) is 3.28. The van der Waals surface area contributed by atoms with Crippen LogP contribution in [0, 0.1) is 6.92 Å². The van der Waals surface area contributed by atoms with Gasteiger partial charge in [0, 0.05) is 18.3 Å². The molecule has 0 bridgehead atoms. The molecule has 1 saturated carbocycles. The van der Waals surface area contributed by atoms with Gasteiger partial charge in [-0.15, -0.1) is 0 Å². The predicted octanol–water partition coefficient (Wildman–Crippen LogP) is 2.12. The van der Waals surface area contributed by atoms with E-state index in [1.54, 1.807) is 6.07 Å². The second-order valence-electron chi connectivity index (χ2n) is 5.24. The molecule has 0 aliphatic heterocycles. The standard InChI is InChI=1S/C15H23N3O/c1-12-6-4-9-14(17-12)15(19)18(11-5-10-16)13-7-2-3-8-13/h4,6,9,13H,2-3,5,7-8,10-11,16H2,1H3. The van der Waals surface area contributed by atoms with Gasteiger partial charge in [-0.25, -0.2) is 4.98 Å². The maximum Gasteiger partial charge on any atom is 0.272 e. The Kier molecular flexibility index (Phi) is 4.91. The van der Waals surface area contributed by atoms with Crippen LogP contribution >= 0.6 is 0 Å². The SMILES string of the molecule is Cc1cccc(C(=O)N(CCCN)C2CCCC2)n1. The molecule has 4 nitrogen and oxygen atoms in total. The molecule has 1 amide bonds. The van der Waals surface area contributed by atoms with Crippen LogP contribution in [0.5, 0.6) is 0 Å². The van der Waals surface area contributed by atoms with E-state index < -0.39 is 0 Å². The van der Waals surface area contributed by atoms with Crippen molar-refractivity contribution in [3.05, 3.63) is 29.6 Å². The van der Waals surface area contributed by atoms with Crippen molar-refractivity contribution < 1.29 is 4.79 Å². The summed E-state index contributed by atoms with van der Waals surface area (Å²) in [5.74, 6) is 0.0593. The van der Waals surface area contributed by atoms with Crippen LogP contribution in [-0.4, -0.2) is 34.9 Å². The summed E-state index contributed by atoms with van der Waals surface area (Å²) >= 11 is 0. The number of nitrogens with two attached hydrogens (primary N) is 1. The third-order valence-electron chi connectivity index (χ3n) is 3.74. The van der Waals surface area contributed by atoms with Crippen LogP contribution in [0.4, 0.5) is 0 Å². The number of aryl methyl sites for hydroxylation is 1. The lowest BCUT2D eigenvalue weighted by Gasteiger charge is -2.28. The van der Waals surface area contributed by atoms with Gasteiger partial charge in [-0.1, -0.05) is 18.9 Å². The van der Waals surface area contributed by atoms with Gasteiger partial charge in [0.1, 0.15) is 5.69 Å². The number of rotatable bonds is 5. The minimum Gasteiger partial charge on any atom is -0.334 e. The second-order valence-corrected chi connectivity index (χ2v) is 5.24. The molecule has 0 aromatic carbocycles. The largest absolute Gasteiger partial charge is 0.334 e. The summed E-state index contributed by atoms with van der Waals surface area (Å²) in [4.78, 5) is 19.0. The summed E-state index contributed by atoms with van der Waals surface area (Å²) in [6.07, 6.45) is 5.52. The normalized spacial score (nSPS) is 15.7. The van der Waals surface area contributed by atoms with E-state index in [0.29, 0.717) is 18.3 Å². The molecule has 1 aromatic heterocycles. The topological polar surface area (TPSA) is 59.2 Å². The Morgan fingerprint density at radius 3 is 2.79 bits per heavy atom. The minimum absolute atomic E-state index is 0.0593. The van der Waals surface area contributed by atoms with Crippen molar-refractivity contribution in [3.63, 3.8) is 0 Å². The number of aromatic nitrogens is 1. The second kappa shape index (κ2) is 6.66. The number of carbonyl (C=O) groups excluding carboxylic acids is 1. The Morgan fingerprint density at radius 2 is 2.16 bits per heavy atom. The third-order valence-corrected chi connectivity index (χ3v) is 3.74. The highest BCUT2D eigenvalue weighted by Gasteiger charge is 2.27. The molecule has 1 aromatic rings. The average molecular weight is 261 g/mol. The lowest BCUT2D eigenvalue weighted by molar-refractivity contribution is 0.0674. The van der Waals surface area contributed by atoms with Crippen molar-refractivity contribution in [1.82, 2.24) is 9.88 Å². The molecule has 1 heterocycles. The van der Waals surface area contributed by atoms with Gasteiger partial charge in [-0.3, -0.25) is 4.79 Å². The monoisotopic (exact) mass is 261 g/mol. The quantitative estimate of drug-likeness (QED) is 0.883.